The Labute approximate surface area is 163 Å². The van der Waals surface area contributed by atoms with Crippen LogP contribution in [0.25, 0.3) is 0 Å². The predicted octanol–water partition coefficient (Wildman–Crippen LogP) is 2.80. The molecule has 0 saturated heterocycles. The smallest absolute Gasteiger partial charge is 0.290 e. The molecule has 0 saturated carbocycles. The van der Waals surface area contributed by atoms with Gasteiger partial charge >= 0.3 is 0 Å². The summed E-state index contributed by atoms with van der Waals surface area (Å²) in [5.74, 6) is 0.111. The van der Waals surface area contributed by atoms with Gasteiger partial charge in [-0.3, -0.25) is 4.79 Å². The van der Waals surface area contributed by atoms with Crippen molar-refractivity contribution in [3.63, 3.8) is 0 Å². The van der Waals surface area contributed by atoms with Gasteiger partial charge in [-0.15, -0.1) is 0 Å². The summed E-state index contributed by atoms with van der Waals surface area (Å²) in [6.45, 7) is 0.820. The molecule has 0 aromatic heterocycles. The Morgan fingerprint density at radius 3 is 2.64 bits per heavy atom. The molecule has 0 aliphatic carbocycles. The highest BCUT2D eigenvalue weighted by atomic mass is 16.5. The number of benzene rings is 2. The van der Waals surface area contributed by atoms with Gasteiger partial charge in [0.1, 0.15) is 17.4 Å². The summed E-state index contributed by atoms with van der Waals surface area (Å²) in [6.07, 6.45) is 0. The first-order valence-electron chi connectivity index (χ1n) is 8.90. The molecule has 140 valence electrons. The highest BCUT2D eigenvalue weighted by molar-refractivity contribution is 5.96. The number of allylic oxidation sites excluding steroid dienone is 1. The maximum Gasteiger partial charge on any atom is 0.290 e. The van der Waals surface area contributed by atoms with Crippen molar-refractivity contribution in [2.45, 2.75) is 12.5 Å². The molecule has 2 aromatic carbocycles. The van der Waals surface area contributed by atoms with Crippen LogP contribution in [0.1, 0.15) is 17.0 Å². The van der Waals surface area contributed by atoms with Gasteiger partial charge in [-0.1, -0.05) is 48.5 Å². The number of carbonyl (C=O) groups is 1. The number of ether oxygens (including phenoxy) is 2. The number of methoxy groups -OCH3 is 1. The van der Waals surface area contributed by atoms with E-state index in [1.54, 1.807) is 12.0 Å². The molecule has 1 amide bonds. The van der Waals surface area contributed by atoms with E-state index in [0.29, 0.717) is 18.8 Å². The van der Waals surface area contributed by atoms with Crippen LogP contribution in [-0.4, -0.2) is 24.5 Å². The molecule has 0 fully saturated rings. The zero-order valence-electron chi connectivity index (χ0n) is 15.4. The second-order valence-corrected chi connectivity index (χ2v) is 6.67. The molecule has 2 aliphatic heterocycles. The van der Waals surface area contributed by atoms with Crippen molar-refractivity contribution in [3.05, 3.63) is 88.5 Å². The van der Waals surface area contributed by atoms with Crippen molar-refractivity contribution in [1.29, 1.82) is 5.26 Å². The monoisotopic (exact) mass is 373 g/mol. The number of nitrogens with two attached hydrogens (primary N) is 1. The van der Waals surface area contributed by atoms with Gasteiger partial charge in [-0.05, 0) is 11.6 Å². The van der Waals surface area contributed by atoms with Gasteiger partial charge in [0.2, 0.25) is 5.88 Å². The Morgan fingerprint density at radius 2 is 1.93 bits per heavy atom. The molecular formula is C22H19N3O3. The highest BCUT2D eigenvalue weighted by Crippen LogP contribution is 2.45. The lowest BCUT2D eigenvalue weighted by Gasteiger charge is -2.25. The molecule has 2 heterocycles. The summed E-state index contributed by atoms with van der Waals surface area (Å²) in [6, 6.07) is 19.3. The van der Waals surface area contributed by atoms with E-state index in [1.165, 1.54) is 0 Å². The number of para-hydroxylation sites is 1. The number of rotatable bonds is 4. The molecule has 6 heteroatoms. The average Bonchev–Trinajstić information content (AvgIpc) is 3.03. The van der Waals surface area contributed by atoms with Crippen molar-refractivity contribution in [3.8, 4) is 11.8 Å². The van der Waals surface area contributed by atoms with E-state index in [9.17, 15) is 10.1 Å². The normalized spacial score (nSPS) is 18.6. The van der Waals surface area contributed by atoms with Crippen LogP contribution in [0.3, 0.4) is 0 Å². The number of nitriles is 1. The van der Waals surface area contributed by atoms with E-state index >= 15 is 0 Å². The molecule has 28 heavy (non-hydrogen) atoms. The molecular weight excluding hydrogens is 354 g/mol. The van der Waals surface area contributed by atoms with Crippen LogP contribution in [-0.2, 0) is 16.1 Å². The number of hydrogen-bond donors (Lipinski definition) is 1. The van der Waals surface area contributed by atoms with Gasteiger partial charge in [-0.2, -0.15) is 5.26 Å². The third-order valence-electron chi connectivity index (χ3n) is 5.04. The lowest BCUT2D eigenvalue weighted by molar-refractivity contribution is -0.128. The summed E-state index contributed by atoms with van der Waals surface area (Å²) in [7, 11) is 1.58. The zero-order valence-corrected chi connectivity index (χ0v) is 15.4. The van der Waals surface area contributed by atoms with E-state index in [4.69, 9.17) is 15.2 Å². The number of carbonyl (C=O) groups excluding carboxylic acids is 1. The SMILES string of the molecule is COc1ccccc1C1C(C#N)=C(N)OC2=C1CN(Cc1ccccc1)C2=O. The minimum Gasteiger partial charge on any atom is -0.496 e. The fraction of sp³-hybridized carbons (Fsp3) is 0.182. The second kappa shape index (κ2) is 7.12. The Bertz CT molecular complexity index is 1030. The highest BCUT2D eigenvalue weighted by Gasteiger charge is 2.43. The van der Waals surface area contributed by atoms with E-state index in [0.717, 1.165) is 16.7 Å². The third-order valence-corrected chi connectivity index (χ3v) is 5.04. The number of amides is 1. The molecule has 2 aromatic rings. The quantitative estimate of drug-likeness (QED) is 0.890. The number of hydrogen-bond acceptors (Lipinski definition) is 5. The van der Waals surface area contributed by atoms with Crippen LogP contribution in [0.2, 0.25) is 0 Å². The summed E-state index contributed by atoms with van der Waals surface area (Å²) in [5.41, 5.74) is 8.84. The Morgan fingerprint density at radius 1 is 1.21 bits per heavy atom. The van der Waals surface area contributed by atoms with Crippen molar-refractivity contribution in [2.24, 2.45) is 5.73 Å². The summed E-state index contributed by atoms with van der Waals surface area (Å²) in [5, 5.41) is 9.71. The third kappa shape index (κ3) is 2.87. The Balaban J connectivity index is 1.74. The second-order valence-electron chi connectivity index (χ2n) is 6.67. The molecule has 0 radical (unpaired) electrons. The minimum atomic E-state index is -0.477. The molecule has 1 atom stereocenters. The van der Waals surface area contributed by atoms with E-state index in [-0.39, 0.29) is 23.1 Å². The lowest BCUT2D eigenvalue weighted by Crippen LogP contribution is -2.27. The van der Waals surface area contributed by atoms with Gasteiger partial charge in [-0.25, -0.2) is 0 Å². The molecule has 0 spiro atoms. The van der Waals surface area contributed by atoms with Crippen molar-refractivity contribution >= 4 is 5.91 Å². The molecule has 4 rings (SSSR count). The fourth-order valence-electron chi connectivity index (χ4n) is 3.74. The maximum atomic E-state index is 13.0. The van der Waals surface area contributed by atoms with Crippen LogP contribution in [0.15, 0.2) is 77.4 Å². The van der Waals surface area contributed by atoms with E-state index in [1.807, 2.05) is 54.6 Å². The summed E-state index contributed by atoms with van der Waals surface area (Å²) < 4.78 is 11.1. The van der Waals surface area contributed by atoms with Gasteiger partial charge in [0.15, 0.2) is 5.76 Å². The van der Waals surface area contributed by atoms with Crippen LogP contribution in [0.4, 0.5) is 0 Å². The summed E-state index contributed by atoms with van der Waals surface area (Å²) in [4.78, 5) is 14.7. The lowest BCUT2D eigenvalue weighted by atomic mass is 9.83. The topological polar surface area (TPSA) is 88.6 Å². The molecule has 0 bridgehead atoms. The predicted molar refractivity (Wildman–Crippen MR) is 103 cm³/mol. The van der Waals surface area contributed by atoms with Crippen LogP contribution >= 0.6 is 0 Å². The van der Waals surface area contributed by atoms with E-state index in [2.05, 4.69) is 6.07 Å². The van der Waals surface area contributed by atoms with Crippen LogP contribution in [0, 0.1) is 11.3 Å². The first-order chi connectivity index (χ1) is 13.6. The van der Waals surface area contributed by atoms with Gasteiger partial charge in [0.25, 0.3) is 5.91 Å². The zero-order chi connectivity index (χ0) is 19.7. The van der Waals surface area contributed by atoms with E-state index < -0.39 is 5.92 Å². The average molecular weight is 373 g/mol. The van der Waals surface area contributed by atoms with Crippen molar-refractivity contribution in [2.75, 3.05) is 13.7 Å². The van der Waals surface area contributed by atoms with Crippen molar-refractivity contribution in [1.82, 2.24) is 4.90 Å². The Hall–Kier alpha value is -3.72. The standard InChI is InChI=1S/C22H19N3O3/c1-27-18-10-6-5-9-15(18)19-16(11-23)21(24)28-20-17(19)13-25(22(20)26)12-14-7-3-2-4-8-14/h2-10,19H,12-13,24H2,1H3. The molecule has 2 aliphatic rings. The first kappa shape index (κ1) is 17.7. The van der Waals surface area contributed by atoms with Crippen LogP contribution in [0.5, 0.6) is 5.75 Å². The van der Waals surface area contributed by atoms with Crippen molar-refractivity contribution < 1.29 is 14.3 Å². The van der Waals surface area contributed by atoms with Gasteiger partial charge < -0.3 is 20.1 Å². The first-order valence-corrected chi connectivity index (χ1v) is 8.90. The molecule has 6 nitrogen and oxygen atoms in total. The molecule has 1 unspecified atom stereocenters. The molecule has 2 N–H and O–H groups in total. The van der Waals surface area contributed by atoms with Gasteiger partial charge in [0, 0.05) is 24.2 Å². The largest absolute Gasteiger partial charge is 0.496 e. The number of nitrogens with zero attached hydrogens (tertiary/aromatic N) is 2. The fourth-order valence-corrected chi connectivity index (χ4v) is 3.74. The Kier molecular flexibility index (Phi) is 4.50. The summed E-state index contributed by atoms with van der Waals surface area (Å²) >= 11 is 0. The van der Waals surface area contributed by atoms with Gasteiger partial charge in [0.05, 0.1) is 13.0 Å². The maximum absolute atomic E-state index is 13.0. The van der Waals surface area contributed by atoms with Crippen LogP contribution < -0.4 is 10.5 Å². The minimum absolute atomic E-state index is 0.0351.